The highest BCUT2D eigenvalue weighted by atomic mass is 15.4. The molecule has 3 aromatic rings. The molecule has 84 valence electrons. The molecule has 0 bridgehead atoms. The number of hydrogen-bond acceptors (Lipinski definition) is 4. The van der Waals surface area contributed by atoms with Crippen molar-refractivity contribution in [3.63, 3.8) is 0 Å². The predicted octanol–water partition coefficient (Wildman–Crippen LogP) is 1.68. The van der Waals surface area contributed by atoms with Crippen LogP contribution in [-0.4, -0.2) is 19.8 Å². The smallest absolute Gasteiger partial charge is 0.187 e. The van der Waals surface area contributed by atoms with Crippen molar-refractivity contribution in [3.8, 4) is 11.4 Å². The van der Waals surface area contributed by atoms with Crippen LogP contribution in [0.15, 0.2) is 36.5 Å². The highest BCUT2D eigenvalue weighted by molar-refractivity contribution is 5.73. The van der Waals surface area contributed by atoms with E-state index in [0.717, 1.165) is 11.1 Å². The van der Waals surface area contributed by atoms with Crippen LogP contribution >= 0.6 is 0 Å². The van der Waals surface area contributed by atoms with Crippen LogP contribution in [0.5, 0.6) is 0 Å². The fourth-order valence-electron chi connectivity index (χ4n) is 1.78. The maximum Gasteiger partial charge on any atom is 0.187 e. The largest absolute Gasteiger partial charge is 0.398 e. The van der Waals surface area contributed by atoms with Crippen LogP contribution in [0.2, 0.25) is 0 Å². The van der Waals surface area contributed by atoms with E-state index in [1.807, 2.05) is 37.3 Å². The number of rotatable bonds is 1. The summed E-state index contributed by atoms with van der Waals surface area (Å²) in [5, 5.41) is 12.4. The van der Waals surface area contributed by atoms with Gasteiger partial charge in [0.15, 0.2) is 11.5 Å². The van der Waals surface area contributed by atoms with Gasteiger partial charge in [-0.2, -0.15) is 9.61 Å². The Bertz CT molecular complexity index is 686. The summed E-state index contributed by atoms with van der Waals surface area (Å²) in [5.74, 6) is 0.668. The van der Waals surface area contributed by atoms with Crippen molar-refractivity contribution in [1.29, 1.82) is 0 Å². The lowest BCUT2D eigenvalue weighted by Gasteiger charge is -2.04. The minimum Gasteiger partial charge on any atom is -0.398 e. The van der Waals surface area contributed by atoms with E-state index in [9.17, 15) is 0 Å². The standard InChI is InChI=1S/C12H11N5/c1-8-4-5-10(13)9(7-8)12-16-15-11-3-2-6-14-17(11)12/h2-7H,13H2,1H3. The SMILES string of the molecule is Cc1ccc(N)c(-c2nnc3cccnn23)c1. The number of nitrogen functional groups attached to an aromatic ring is 1. The van der Waals surface area contributed by atoms with E-state index in [4.69, 9.17) is 5.73 Å². The summed E-state index contributed by atoms with van der Waals surface area (Å²) < 4.78 is 1.69. The van der Waals surface area contributed by atoms with Crippen LogP contribution in [0, 0.1) is 6.92 Å². The first-order valence-electron chi connectivity index (χ1n) is 5.28. The summed E-state index contributed by atoms with van der Waals surface area (Å²) in [5.41, 5.74) is 9.34. The van der Waals surface area contributed by atoms with Crippen molar-refractivity contribution < 1.29 is 0 Å². The second-order valence-electron chi connectivity index (χ2n) is 3.91. The molecule has 0 aliphatic rings. The van der Waals surface area contributed by atoms with Crippen LogP contribution < -0.4 is 5.73 Å². The molecule has 0 saturated heterocycles. The first kappa shape index (κ1) is 9.77. The molecule has 0 unspecified atom stereocenters. The Kier molecular flexibility index (Phi) is 2.04. The lowest BCUT2D eigenvalue weighted by atomic mass is 10.1. The van der Waals surface area contributed by atoms with Crippen LogP contribution in [-0.2, 0) is 0 Å². The molecular formula is C12H11N5. The average Bonchev–Trinajstić information content (AvgIpc) is 2.76. The Morgan fingerprint density at radius 1 is 1.18 bits per heavy atom. The molecule has 0 radical (unpaired) electrons. The second-order valence-corrected chi connectivity index (χ2v) is 3.91. The van der Waals surface area contributed by atoms with Crippen molar-refractivity contribution in [2.75, 3.05) is 5.73 Å². The van der Waals surface area contributed by atoms with E-state index in [1.165, 1.54) is 0 Å². The summed E-state index contributed by atoms with van der Waals surface area (Å²) in [7, 11) is 0. The second kappa shape index (κ2) is 3.55. The number of hydrogen-bond donors (Lipinski definition) is 1. The summed E-state index contributed by atoms with van der Waals surface area (Å²) in [6.07, 6.45) is 1.70. The average molecular weight is 225 g/mol. The van der Waals surface area contributed by atoms with Crippen LogP contribution in [0.1, 0.15) is 5.56 Å². The van der Waals surface area contributed by atoms with Gasteiger partial charge in [0.2, 0.25) is 0 Å². The minimum absolute atomic E-state index is 0.668. The van der Waals surface area contributed by atoms with Crippen molar-refractivity contribution in [2.24, 2.45) is 0 Å². The number of aryl methyl sites for hydroxylation is 1. The van der Waals surface area contributed by atoms with E-state index in [-0.39, 0.29) is 0 Å². The molecule has 17 heavy (non-hydrogen) atoms. The molecule has 3 rings (SSSR count). The van der Waals surface area contributed by atoms with E-state index in [2.05, 4.69) is 15.3 Å². The molecule has 0 spiro atoms. The summed E-state index contributed by atoms with van der Waals surface area (Å²) >= 11 is 0. The zero-order chi connectivity index (χ0) is 11.8. The van der Waals surface area contributed by atoms with Crippen molar-refractivity contribution in [2.45, 2.75) is 6.92 Å². The van der Waals surface area contributed by atoms with E-state index < -0.39 is 0 Å². The zero-order valence-electron chi connectivity index (χ0n) is 9.33. The Labute approximate surface area is 97.9 Å². The number of nitrogens with zero attached hydrogens (tertiary/aromatic N) is 4. The maximum atomic E-state index is 5.96. The van der Waals surface area contributed by atoms with Gasteiger partial charge in [0.25, 0.3) is 0 Å². The third kappa shape index (κ3) is 1.52. The third-order valence-electron chi connectivity index (χ3n) is 2.63. The number of fused-ring (bicyclic) bond motifs is 1. The summed E-state index contributed by atoms with van der Waals surface area (Å²) in [6, 6.07) is 9.51. The molecule has 1 aromatic carbocycles. The topological polar surface area (TPSA) is 69.1 Å². The van der Waals surface area contributed by atoms with Crippen molar-refractivity contribution in [1.82, 2.24) is 19.8 Å². The molecular weight excluding hydrogens is 214 g/mol. The maximum absolute atomic E-state index is 5.96. The van der Waals surface area contributed by atoms with Gasteiger partial charge in [-0.25, -0.2) is 0 Å². The zero-order valence-corrected chi connectivity index (χ0v) is 9.33. The fourth-order valence-corrected chi connectivity index (χ4v) is 1.78. The normalized spacial score (nSPS) is 10.9. The first-order chi connectivity index (χ1) is 8.25. The number of benzene rings is 1. The highest BCUT2D eigenvalue weighted by Crippen LogP contribution is 2.24. The lowest BCUT2D eigenvalue weighted by Crippen LogP contribution is -1.97. The molecule has 0 fully saturated rings. The molecule has 0 saturated carbocycles. The van der Waals surface area contributed by atoms with Gasteiger partial charge < -0.3 is 5.73 Å². The van der Waals surface area contributed by atoms with Crippen molar-refractivity contribution in [3.05, 3.63) is 42.1 Å². The van der Waals surface area contributed by atoms with Gasteiger partial charge in [0.1, 0.15) is 0 Å². The molecule has 2 aromatic heterocycles. The monoisotopic (exact) mass is 225 g/mol. The van der Waals surface area contributed by atoms with Crippen molar-refractivity contribution >= 4 is 11.3 Å². The van der Waals surface area contributed by atoms with Gasteiger partial charge in [-0.05, 0) is 31.2 Å². The molecule has 0 atom stereocenters. The molecule has 5 nitrogen and oxygen atoms in total. The van der Waals surface area contributed by atoms with E-state index in [1.54, 1.807) is 10.7 Å². The Hall–Kier alpha value is -2.43. The molecule has 5 heteroatoms. The van der Waals surface area contributed by atoms with Crippen LogP contribution in [0.25, 0.3) is 17.0 Å². The Morgan fingerprint density at radius 2 is 2.06 bits per heavy atom. The molecule has 0 aliphatic heterocycles. The molecule has 2 N–H and O–H groups in total. The van der Waals surface area contributed by atoms with Gasteiger partial charge >= 0.3 is 0 Å². The molecule has 0 aliphatic carbocycles. The Balaban J connectivity index is 2.31. The van der Waals surface area contributed by atoms with Crippen LogP contribution in [0.4, 0.5) is 5.69 Å². The fraction of sp³-hybridized carbons (Fsp3) is 0.0833. The lowest BCUT2D eigenvalue weighted by molar-refractivity contribution is 0.936. The van der Waals surface area contributed by atoms with Gasteiger partial charge in [-0.3, -0.25) is 0 Å². The van der Waals surface area contributed by atoms with Crippen LogP contribution in [0.3, 0.4) is 0 Å². The van der Waals surface area contributed by atoms with E-state index >= 15 is 0 Å². The number of nitrogens with two attached hydrogens (primary N) is 1. The molecule has 2 heterocycles. The predicted molar refractivity (Wildman–Crippen MR) is 65.4 cm³/mol. The molecule has 0 amide bonds. The van der Waals surface area contributed by atoms with Gasteiger partial charge in [0, 0.05) is 17.4 Å². The minimum atomic E-state index is 0.668. The summed E-state index contributed by atoms with van der Waals surface area (Å²) in [6.45, 7) is 2.01. The first-order valence-corrected chi connectivity index (χ1v) is 5.28. The Morgan fingerprint density at radius 3 is 2.94 bits per heavy atom. The summed E-state index contributed by atoms with van der Waals surface area (Å²) in [4.78, 5) is 0. The highest BCUT2D eigenvalue weighted by Gasteiger charge is 2.11. The van der Waals surface area contributed by atoms with E-state index in [0.29, 0.717) is 17.2 Å². The van der Waals surface area contributed by atoms with Gasteiger partial charge in [-0.1, -0.05) is 11.6 Å². The quantitative estimate of drug-likeness (QED) is 0.640. The third-order valence-corrected chi connectivity index (χ3v) is 2.63. The van der Waals surface area contributed by atoms with Gasteiger partial charge in [0.05, 0.1) is 0 Å². The van der Waals surface area contributed by atoms with Gasteiger partial charge in [-0.15, -0.1) is 10.2 Å². The number of anilines is 1. The number of aromatic nitrogens is 4.